The number of imidazole rings is 2. The standard InChI is InChI=1S/C20H22F2N10O10P2S2/c21-7-11-5(39-17(7)31-3-25-9-13(31)27-19(23)29-15(9)33)1-37-43(35,45)42-12-6(2-38-44(36,46)41-11)40-18(8(12)22)32-4-26-10-14(32)28-20(24)30-16(10)34/h3-8,11-12,17-18H,1-2H2,(H,35,45)(H,36,46)(H3,23,27,29,33)(H3,24,28,30,34)/t5?,6?,7-,8-,11-,12-,17-,18-,43-,44+/m1/s1. The summed E-state index contributed by atoms with van der Waals surface area (Å²) in [6.45, 7) is -10.4. The molecule has 26 heteroatoms. The third kappa shape index (κ3) is 5.55. The second-order valence-electron chi connectivity index (χ2n) is 10.2. The van der Waals surface area contributed by atoms with Gasteiger partial charge in [-0.2, -0.15) is 9.97 Å². The molecule has 0 aliphatic carbocycles. The molecule has 248 valence electrons. The number of anilines is 2. The summed E-state index contributed by atoms with van der Waals surface area (Å²) in [6, 6.07) is 0. The van der Waals surface area contributed by atoms with Gasteiger partial charge in [0.25, 0.3) is 11.1 Å². The lowest BCUT2D eigenvalue weighted by Gasteiger charge is -2.28. The predicted molar refractivity (Wildman–Crippen MR) is 158 cm³/mol. The van der Waals surface area contributed by atoms with E-state index in [1.807, 2.05) is 0 Å². The van der Waals surface area contributed by atoms with Crippen molar-refractivity contribution in [3.8, 4) is 0 Å². The van der Waals surface area contributed by atoms with Gasteiger partial charge in [0.1, 0.15) is 24.4 Å². The summed E-state index contributed by atoms with van der Waals surface area (Å²) in [5, 5.41) is 0. The van der Waals surface area contributed by atoms with Crippen LogP contribution in [0.25, 0.3) is 22.3 Å². The quantitative estimate of drug-likeness (QED) is 0.123. The molecule has 0 bridgehead atoms. The smallest absolute Gasteiger partial charge is 0.369 e. The molecule has 46 heavy (non-hydrogen) atoms. The summed E-state index contributed by atoms with van der Waals surface area (Å²) in [6.07, 6.45) is -11.7. The average Bonchev–Trinajstić information content (AvgIpc) is 3.72. The maximum absolute atomic E-state index is 16.0. The molecule has 4 aromatic heterocycles. The molecule has 3 aliphatic rings. The Morgan fingerprint density at radius 3 is 1.57 bits per heavy atom. The average molecular weight is 727 g/mol. The fourth-order valence-corrected chi connectivity index (χ4v) is 8.28. The minimum absolute atomic E-state index is 0.137. The molecule has 0 amide bonds. The van der Waals surface area contributed by atoms with Gasteiger partial charge in [-0.3, -0.25) is 46.8 Å². The molecule has 7 rings (SSSR count). The molecule has 0 radical (unpaired) electrons. The van der Waals surface area contributed by atoms with Gasteiger partial charge in [-0.05, 0) is 0 Å². The molecule has 3 saturated heterocycles. The van der Waals surface area contributed by atoms with E-state index in [0.29, 0.717) is 0 Å². The third-order valence-corrected chi connectivity index (χ3v) is 10.5. The number of nitrogen functional groups attached to an aromatic ring is 2. The fraction of sp³-hybridized carbons (Fsp3) is 0.500. The maximum atomic E-state index is 16.0. The van der Waals surface area contributed by atoms with Crippen LogP contribution in [0.5, 0.6) is 0 Å². The molecule has 10 atom stereocenters. The van der Waals surface area contributed by atoms with Gasteiger partial charge in [-0.1, -0.05) is 24.5 Å². The highest BCUT2D eigenvalue weighted by Gasteiger charge is 2.54. The van der Waals surface area contributed by atoms with E-state index in [1.54, 1.807) is 0 Å². The van der Waals surface area contributed by atoms with Crippen LogP contribution in [0, 0.1) is 0 Å². The van der Waals surface area contributed by atoms with E-state index in [2.05, 4.69) is 54.4 Å². The van der Waals surface area contributed by atoms with Crippen molar-refractivity contribution in [3.05, 3.63) is 33.4 Å². The Bertz CT molecular complexity index is 1920. The molecule has 0 saturated carbocycles. The fourth-order valence-electron chi connectivity index (χ4n) is 5.32. The first-order valence-electron chi connectivity index (χ1n) is 13.1. The van der Waals surface area contributed by atoms with Crippen molar-refractivity contribution in [1.82, 2.24) is 39.0 Å². The number of aromatic amines is 2. The van der Waals surface area contributed by atoms with Crippen LogP contribution in [0.3, 0.4) is 0 Å². The van der Waals surface area contributed by atoms with E-state index in [0.717, 1.165) is 21.8 Å². The number of rotatable bonds is 2. The summed E-state index contributed by atoms with van der Waals surface area (Å²) in [5.74, 6) is -0.562. The van der Waals surface area contributed by atoms with Crippen molar-refractivity contribution in [2.24, 2.45) is 0 Å². The largest absolute Gasteiger partial charge is 0.386 e. The lowest BCUT2D eigenvalue weighted by atomic mass is 10.1. The van der Waals surface area contributed by atoms with E-state index in [4.69, 9.17) is 39.0 Å². The number of thiol groups is 2. The van der Waals surface area contributed by atoms with Crippen molar-refractivity contribution >= 4 is 72.3 Å². The number of halogens is 2. The predicted octanol–water partition coefficient (Wildman–Crippen LogP) is 0.781. The van der Waals surface area contributed by atoms with E-state index in [9.17, 15) is 18.7 Å². The minimum Gasteiger partial charge on any atom is -0.369 e. The van der Waals surface area contributed by atoms with Crippen LogP contribution in [-0.2, 0) is 36.7 Å². The van der Waals surface area contributed by atoms with Crippen molar-refractivity contribution in [1.29, 1.82) is 0 Å². The highest BCUT2D eigenvalue weighted by Crippen LogP contribution is 2.60. The van der Waals surface area contributed by atoms with Gasteiger partial charge in [-0.25, -0.2) is 27.9 Å². The Labute approximate surface area is 263 Å². The maximum Gasteiger partial charge on any atom is 0.386 e. The molecule has 2 unspecified atom stereocenters. The van der Waals surface area contributed by atoms with Gasteiger partial charge < -0.3 is 20.9 Å². The Hall–Kier alpha value is -2.92. The molecule has 20 nitrogen and oxygen atoms in total. The lowest BCUT2D eigenvalue weighted by Crippen LogP contribution is -2.36. The van der Waals surface area contributed by atoms with Crippen LogP contribution >= 0.6 is 38.1 Å². The number of ether oxygens (including phenoxy) is 2. The highest BCUT2D eigenvalue weighted by molar-refractivity contribution is 8.44. The zero-order valence-corrected chi connectivity index (χ0v) is 26.2. The van der Waals surface area contributed by atoms with Crippen molar-refractivity contribution in [3.63, 3.8) is 0 Å². The normalized spacial score (nSPS) is 37.1. The Morgan fingerprint density at radius 2 is 1.17 bits per heavy atom. The van der Waals surface area contributed by atoms with E-state index in [1.165, 1.54) is 0 Å². The van der Waals surface area contributed by atoms with Crippen LogP contribution in [0.15, 0.2) is 22.2 Å². The number of nitrogens with two attached hydrogens (primary N) is 2. The number of hydrogen-bond acceptors (Lipinski definition) is 16. The van der Waals surface area contributed by atoms with Crippen LogP contribution in [0.4, 0.5) is 20.7 Å². The third-order valence-electron chi connectivity index (χ3n) is 7.30. The monoisotopic (exact) mass is 726 g/mol. The first-order chi connectivity index (χ1) is 21.7. The van der Waals surface area contributed by atoms with Gasteiger partial charge in [0.2, 0.25) is 11.9 Å². The van der Waals surface area contributed by atoms with Crippen LogP contribution in [0.1, 0.15) is 12.5 Å². The zero-order valence-electron chi connectivity index (χ0n) is 22.7. The number of alkyl halides is 2. The van der Waals surface area contributed by atoms with Gasteiger partial charge in [-0.15, -0.1) is 0 Å². The first kappa shape index (κ1) is 31.7. The minimum atomic E-state index is -4.48. The lowest BCUT2D eigenvalue weighted by molar-refractivity contribution is -0.0544. The van der Waals surface area contributed by atoms with Crippen LogP contribution in [0.2, 0.25) is 0 Å². The molecule has 6 N–H and O–H groups in total. The van der Waals surface area contributed by atoms with Crippen molar-refractivity contribution in [2.75, 3.05) is 24.7 Å². The van der Waals surface area contributed by atoms with Crippen LogP contribution < -0.4 is 22.6 Å². The highest BCUT2D eigenvalue weighted by atomic mass is 32.7. The molecule has 7 heterocycles. The van der Waals surface area contributed by atoms with E-state index < -0.39 is 87.1 Å². The number of nitrogens with one attached hydrogen (secondary N) is 2. The van der Waals surface area contributed by atoms with Crippen molar-refractivity contribution < 1.29 is 45.5 Å². The van der Waals surface area contributed by atoms with E-state index in [-0.39, 0.29) is 34.2 Å². The van der Waals surface area contributed by atoms with E-state index >= 15 is 8.78 Å². The number of nitrogens with zero attached hydrogens (tertiary/aromatic N) is 6. The molecule has 3 aliphatic heterocycles. The number of fused-ring (bicyclic) bond motifs is 4. The summed E-state index contributed by atoms with van der Waals surface area (Å²) in [4.78, 5) is 44.7. The summed E-state index contributed by atoms with van der Waals surface area (Å²) in [7, 11) is 0. The molecule has 0 spiro atoms. The van der Waals surface area contributed by atoms with Gasteiger partial charge in [0, 0.05) is 0 Å². The molecule has 4 aromatic rings. The Balaban J connectivity index is 1.18. The zero-order chi connectivity index (χ0) is 32.7. The van der Waals surface area contributed by atoms with Crippen molar-refractivity contribution in [2.45, 2.75) is 49.2 Å². The summed E-state index contributed by atoms with van der Waals surface area (Å²) in [5.41, 5.74) is 9.24. The summed E-state index contributed by atoms with van der Waals surface area (Å²) >= 11 is 7.90. The van der Waals surface area contributed by atoms with Crippen LogP contribution in [-0.4, -0.2) is 89.0 Å². The molecular weight excluding hydrogens is 704 g/mol. The first-order valence-corrected chi connectivity index (χ1v) is 18.5. The topological polar surface area (TPSA) is 269 Å². The molecular formula is C20H22F2N10O10P2S2. The SMILES string of the molecule is Nc1nc2c(ncn2[C@@H]2OC3CO[P@@](=O)(S)O[C@@H]4C(CO[P@](=O)(S)O[C@H]3[C@H]2F)O[C@@H](n2cnc3c(=O)[nH]c(N)nc32)[C@@H]4F)c(=O)[nH]1. The van der Waals surface area contributed by atoms with Gasteiger partial charge in [0.15, 0.2) is 47.1 Å². The van der Waals surface area contributed by atoms with Gasteiger partial charge in [0.05, 0.1) is 25.9 Å². The Morgan fingerprint density at radius 1 is 0.783 bits per heavy atom. The number of hydrogen-bond donors (Lipinski definition) is 6. The second-order valence-corrected chi connectivity index (χ2v) is 16.0. The molecule has 0 aromatic carbocycles. The number of H-pyrrole nitrogens is 2. The second kappa shape index (κ2) is 11.4. The van der Waals surface area contributed by atoms with Gasteiger partial charge >= 0.3 is 13.6 Å². The molecule has 3 fully saturated rings. The Kier molecular flexibility index (Phi) is 7.82. The summed E-state index contributed by atoms with van der Waals surface area (Å²) < 4.78 is 93.9. The number of aromatic nitrogens is 8.